The van der Waals surface area contributed by atoms with Gasteiger partial charge in [0.15, 0.2) is 11.5 Å². The molecule has 220 valence electrons. The highest BCUT2D eigenvalue weighted by Gasteiger charge is 2.17. The highest BCUT2D eigenvalue weighted by atomic mass is 16.5. The molecule has 1 aromatic heterocycles. The number of amides is 2. The zero-order valence-corrected chi connectivity index (χ0v) is 24.3. The molecule has 10 nitrogen and oxygen atoms in total. The van der Waals surface area contributed by atoms with Crippen LogP contribution in [0.4, 0.5) is 0 Å². The lowest BCUT2D eigenvalue weighted by molar-refractivity contribution is -0.122. The van der Waals surface area contributed by atoms with E-state index in [1.165, 1.54) is 4.57 Å². The van der Waals surface area contributed by atoms with Gasteiger partial charge in [0.1, 0.15) is 6.54 Å². The lowest BCUT2D eigenvalue weighted by Crippen LogP contribution is -2.43. The van der Waals surface area contributed by atoms with Gasteiger partial charge < -0.3 is 20.1 Å². The van der Waals surface area contributed by atoms with Crippen LogP contribution < -0.4 is 31.4 Å². The van der Waals surface area contributed by atoms with E-state index in [2.05, 4.69) is 10.6 Å². The summed E-state index contributed by atoms with van der Waals surface area (Å²) in [5.41, 5.74) is 1.51. The predicted octanol–water partition coefficient (Wildman–Crippen LogP) is 3.12. The van der Waals surface area contributed by atoms with Crippen molar-refractivity contribution in [3.63, 3.8) is 0 Å². The van der Waals surface area contributed by atoms with Crippen LogP contribution in [-0.2, 0) is 24.3 Å². The molecule has 4 aromatic rings. The van der Waals surface area contributed by atoms with Gasteiger partial charge in [0.2, 0.25) is 5.91 Å². The second-order valence-corrected chi connectivity index (χ2v) is 10.0. The molecule has 10 heteroatoms. The number of hydrogen-bond donors (Lipinski definition) is 2. The molecule has 0 spiro atoms. The summed E-state index contributed by atoms with van der Waals surface area (Å²) in [4.78, 5) is 52.1. The Kier molecular flexibility index (Phi) is 9.80. The number of nitrogens with one attached hydrogen (secondary N) is 2. The van der Waals surface area contributed by atoms with Gasteiger partial charge in [0.05, 0.1) is 31.7 Å². The van der Waals surface area contributed by atoms with Crippen LogP contribution in [0.1, 0.15) is 41.8 Å². The van der Waals surface area contributed by atoms with Crippen LogP contribution in [0.25, 0.3) is 10.9 Å². The molecule has 1 heterocycles. The minimum Gasteiger partial charge on any atom is -0.493 e. The van der Waals surface area contributed by atoms with E-state index in [4.69, 9.17) is 9.47 Å². The summed E-state index contributed by atoms with van der Waals surface area (Å²) in [6.07, 6.45) is 1.36. The lowest BCUT2D eigenvalue weighted by atomic mass is 10.1. The zero-order chi connectivity index (χ0) is 30.2. The molecule has 1 atom stereocenters. The van der Waals surface area contributed by atoms with Crippen molar-refractivity contribution in [2.45, 2.75) is 45.8 Å². The van der Waals surface area contributed by atoms with Crippen LogP contribution in [0.2, 0.25) is 0 Å². The van der Waals surface area contributed by atoms with Crippen molar-refractivity contribution in [3.8, 4) is 11.5 Å². The first-order valence-corrected chi connectivity index (χ1v) is 13.9. The third kappa shape index (κ3) is 6.88. The van der Waals surface area contributed by atoms with Crippen molar-refractivity contribution >= 4 is 22.7 Å². The normalized spacial score (nSPS) is 11.6. The Labute approximate surface area is 243 Å². The van der Waals surface area contributed by atoms with Gasteiger partial charge in [-0.3, -0.25) is 23.5 Å². The first-order chi connectivity index (χ1) is 20.2. The highest BCUT2D eigenvalue weighted by Crippen LogP contribution is 2.27. The van der Waals surface area contributed by atoms with Crippen LogP contribution >= 0.6 is 0 Å². The molecule has 4 rings (SSSR count). The number of nitrogens with zero attached hydrogens (tertiary/aromatic N) is 2. The molecule has 0 aliphatic rings. The van der Waals surface area contributed by atoms with Crippen LogP contribution in [0.15, 0.2) is 76.3 Å². The third-order valence-electron chi connectivity index (χ3n) is 7.16. The van der Waals surface area contributed by atoms with Crippen molar-refractivity contribution in [2.24, 2.45) is 0 Å². The molecule has 0 unspecified atom stereocenters. The number of para-hydroxylation sites is 1. The van der Waals surface area contributed by atoms with E-state index >= 15 is 0 Å². The minimum atomic E-state index is -0.574. The Morgan fingerprint density at radius 1 is 0.881 bits per heavy atom. The second-order valence-electron chi connectivity index (χ2n) is 10.0. The van der Waals surface area contributed by atoms with E-state index in [-0.39, 0.29) is 30.9 Å². The third-order valence-corrected chi connectivity index (χ3v) is 7.16. The minimum absolute atomic E-state index is 0.00329. The quantitative estimate of drug-likeness (QED) is 0.269. The molecule has 0 bridgehead atoms. The van der Waals surface area contributed by atoms with Crippen LogP contribution in [0.3, 0.4) is 0 Å². The van der Waals surface area contributed by atoms with E-state index in [9.17, 15) is 19.2 Å². The first-order valence-electron chi connectivity index (χ1n) is 13.9. The molecule has 3 aromatic carbocycles. The molecular formula is C32H36N4O6. The maximum Gasteiger partial charge on any atom is 0.332 e. The second kappa shape index (κ2) is 13.7. The number of carbonyl (C=O) groups excluding carboxylic acids is 2. The average Bonchev–Trinajstić information content (AvgIpc) is 3.01. The van der Waals surface area contributed by atoms with E-state index in [1.54, 1.807) is 62.8 Å². The molecule has 0 aliphatic heterocycles. The smallest absolute Gasteiger partial charge is 0.332 e. The van der Waals surface area contributed by atoms with E-state index in [0.29, 0.717) is 46.5 Å². The summed E-state index contributed by atoms with van der Waals surface area (Å²) in [7, 11) is 3.15. The molecule has 0 fully saturated rings. The monoisotopic (exact) mass is 572 g/mol. The SMILES string of the molecule is CC[C@@H](C)NC(=O)Cn1c(=O)n(Cc2ccc(C(=O)NCCc3ccc(OC)c(OC)c3)cc2)c(=O)c2ccccc21. The van der Waals surface area contributed by atoms with Crippen molar-refractivity contribution in [3.05, 3.63) is 104 Å². The largest absolute Gasteiger partial charge is 0.493 e. The first kappa shape index (κ1) is 30.1. The molecule has 0 saturated carbocycles. The number of methoxy groups -OCH3 is 2. The Morgan fingerprint density at radius 3 is 2.26 bits per heavy atom. The Morgan fingerprint density at radius 2 is 1.57 bits per heavy atom. The maximum atomic E-state index is 13.5. The molecule has 2 amide bonds. The Bertz CT molecular complexity index is 1690. The number of carbonyl (C=O) groups is 2. The predicted molar refractivity (Wildman–Crippen MR) is 161 cm³/mol. The Balaban J connectivity index is 1.48. The highest BCUT2D eigenvalue weighted by molar-refractivity contribution is 5.94. The summed E-state index contributed by atoms with van der Waals surface area (Å²) in [5.74, 6) is 0.730. The topological polar surface area (TPSA) is 121 Å². The van der Waals surface area contributed by atoms with Crippen molar-refractivity contribution in [2.75, 3.05) is 20.8 Å². The van der Waals surface area contributed by atoms with Gasteiger partial charge in [-0.05, 0) is 67.3 Å². The van der Waals surface area contributed by atoms with Gasteiger partial charge in [0.25, 0.3) is 11.5 Å². The van der Waals surface area contributed by atoms with Gasteiger partial charge in [-0.15, -0.1) is 0 Å². The fourth-order valence-corrected chi connectivity index (χ4v) is 4.63. The average molecular weight is 573 g/mol. The van der Waals surface area contributed by atoms with Gasteiger partial charge >= 0.3 is 5.69 Å². The maximum absolute atomic E-state index is 13.5. The number of benzene rings is 3. The fraction of sp³-hybridized carbons (Fsp3) is 0.312. The summed E-state index contributed by atoms with van der Waals surface area (Å²) in [6.45, 7) is 4.07. The lowest BCUT2D eigenvalue weighted by Gasteiger charge is -2.16. The molecule has 0 radical (unpaired) electrons. The molecule has 2 N–H and O–H groups in total. The van der Waals surface area contributed by atoms with Gasteiger partial charge in [-0.2, -0.15) is 0 Å². The molecule has 42 heavy (non-hydrogen) atoms. The standard InChI is InChI=1S/C32H36N4O6/c1-5-21(2)34-29(37)20-35-26-9-7-6-8-25(26)31(39)36(32(35)40)19-23-10-13-24(14-11-23)30(38)33-17-16-22-12-15-27(41-3)28(18-22)42-4/h6-15,18,21H,5,16-17,19-20H2,1-4H3,(H,33,38)(H,34,37)/t21-/m1/s1. The molecule has 0 aliphatic carbocycles. The summed E-state index contributed by atoms with van der Waals surface area (Å²) < 4.78 is 13.0. The van der Waals surface area contributed by atoms with Crippen LogP contribution in [-0.4, -0.2) is 47.8 Å². The molecule has 0 saturated heterocycles. The number of hydrogen-bond acceptors (Lipinski definition) is 6. The molecular weight excluding hydrogens is 536 g/mol. The van der Waals surface area contributed by atoms with Crippen molar-refractivity contribution < 1.29 is 19.1 Å². The Hall–Kier alpha value is -4.86. The van der Waals surface area contributed by atoms with Crippen LogP contribution in [0, 0.1) is 0 Å². The fourth-order valence-electron chi connectivity index (χ4n) is 4.63. The van der Waals surface area contributed by atoms with Gasteiger partial charge in [0, 0.05) is 18.2 Å². The number of fused-ring (bicyclic) bond motifs is 1. The van der Waals surface area contributed by atoms with Gasteiger partial charge in [-0.1, -0.05) is 37.3 Å². The van der Waals surface area contributed by atoms with E-state index in [0.717, 1.165) is 16.6 Å². The number of ether oxygens (including phenoxy) is 2. The summed E-state index contributed by atoms with van der Waals surface area (Å²) >= 11 is 0. The van der Waals surface area contributed by atoms with E-state index < -0.39 is 11.2 Å². The van der Waals surface area contributed by atoms with Crippen molar-refractivity contribution in [1.82, 2.24) is 19.8 Å². The van der Waals surface area contributed by atoms with E-state index in [1.807, 2.05) is 32.0 Å². The summed E-state index contributed by atoms with van der Waals surface area (Å²) in [5, 5.41) is 6.12. The summed E-state index contributed by atoms with van der Waals surface area (Å²) in [6, 6.07) is 19.1. The number of rotatable bonds is 12. The van der Waals surface area contributed by atoms with Crippen molar-refractivity contribution in [1.29, 1.82) is 0 Å². The number of aromatic nitrogens is 2. The zero-order valence-electron chi connectivity index (χ0n) is 24.3. The van der Waals surface area contributed by atoms with Crippen LogP contribution in [0.5, 0.6) is 11.5 Å². The van der Waals surface area contributed by atoms with Gasteiger partial charge in [-0.25, -0.2) is 4.79 Å².